The summed E-state index contributed by atoms with van der Waals surface area (Å²) < 4.78 is 0. The third kappa shape index (κ3) is 9.02. The molecule has 21 heavy (non-hydrogen) atoms. The standard InChI is InChI=1S/C18H34O3/c1-7-18(5,6)16(21)15(20)12-8-10-14(19)11-9-13-17(2,3)4/h16,21H,7-13H2,1-6H3. The Labute approximate surface area is 130 Å². The molecule has 0 spiro atoms. The van der Waals surface area contributed by atoms with Gasteiger partial charge in [0, 0.05) is 19.3 Å². The maximum absolute atomic E-state index is 11.9. The topological polar surface area (TPSA) is 54.4 Å². The van der Waals surface area contributed by atoms with Crippen molar-refractivity contribution < 1.29 is 14.7 Å². The number of aliphatic hydroxyl groups is 1. The number of carbonyl (C=O) groups excluding carboxylic acids is 2. The van der Waals surface area contributed by atoms with Crippen LogP contribution in [0.1, 0.15) is 86.5 Å². The number of Topliss-reactive ketones (excluding diaryl/α,β-unsaturated/α-hetero) is 2. The summed E-state index contributed by atoms with van der Waals surface area (Å²) in [6.07, 6.45) is 3.72. The van der Waals surface area contributed by atoms with E-state index in [1.54, 1.807) is 0 Å². The van der Waals surface area contributed by atoms with E-state index in [2.05, 4.69) is 20.8 Å². The lowest BCUT2D eigenvalue weighted by Crippen LogP contribution is -2.36. The van der Waals surface area contributed by atoms with Crippen molar-refractivity contribution in [3.8, 4) is 0 Å². The van der Waals surface area contributed by atoms with E-state index in [9.17, 15) is 14.7 Å². The van der Waals surface area contributed by atoms with Gasteiger partial charge in [0.1, 0.15) is 11.9 Å². The summed E-state index contributed by atoms with van der Waals surface area (Å²) in [7, 11) is 0. The van der Waals surface area contributed by atoms with Gasteiger partial charge in [-0.2, -0.15) is 0 Å². The highest BCUT2D eigenvalue weighted by Gasteiger charge is 2.31. The number of hydrogen-bond acceptors (Lipinski definition) is 3. The third-order valence-corrected chi connectivity index (χ3v) is 4.22. The van der Waals surface area contributed by atoms with Crippen LogP contribution < -0.4 is 0 Å². The normalized spacial score (nSPS) is 14.0. The van der Waals surface area contributed by atoms with Crippen LogP contribution in [0.15, 0.2) is 0 Å². The molecule has 0 radical (unpaired) electrons. The molecule has 0 fully saturated rings. The number of hydrogen-bond donors (Lipinski definition) is 1. The number of aliphatic hydroxyl groups excluding tert-OH is 1. The molecule has 0 aliphatic carbocycles. The second-order valence-corrected chi connectivity index (χ2v) is 8.02. The first kappa shape index (κ1) is 20.3. The minimum absolute atomic E-state index is 0.135. The van der Waals surface area contributed by atoms with Crippen LogP contribution in [0.2, 0.25) is 0 Å². The lowest BCUT2D eigenvalue weighted by atomic mass is 9.81. The van der Waals surface area contributed by atoms with Crippen LogP contribution in [0, 0.1) is 10.8 Å². The van der Waals surface area contributed by atoms with Gasteiger partial charge >= 0.3 is 0 Å². The van der Waals surface area contributed by atoms with Gasteiger partial charge in [-0.1, -0.05) is 41.5 Å². The molecule has 1 atom stereocenters. The number of ketones is 2. The maximum atomic E-state index is 11.9. The van der Waals surface area contributed by atoms with Crippen molar-refractivity contribution in [3.05, 3.63) is 0 Å². The van der Waals surface area contributed by atoms with Crippen molar-refractivity contribution in [2.24, 2.45) is 10.8 Å². The summed E-state index contributed by atoms with van der Waals surface area (Å²) in [5, 5.41) is 10.0. The molecule has 3 heteroatoms. The largest absolute Gasteiger partial charge is 0.385 e. The minimum atomic E-state index is -0.918. The Bertz CT molecular complexity index is 337. The van der Waals surface area contributed by atoms with Crippen molar-refractivity contribution >= 4 is 11.6 Å². The van der Waals surface area contributed by atoms with Gasteiger partial charge in [-0.25, -0.2) is 0 Å². The molecule has 0 amide bonds. The van der Waals surface area contributed by atoms with Gasteiger partial charge in [-0.15, -0.1) is 0 Å². The smallest absolute Gasteiger partial charge is 0.161 e. The molecule has 0 saturated carbocycles. The Morgan fingerprint density at radius 2 is 1.48 bits per heavy atom. The fraction of sp³-hybridized carbons (Fsp3) is 0.889. The Kier molecular flexibility index (Phi) is 8.38. The molecule has 1 unspecified atom stereocenters. The fourth-order valence-electron chi connectivity index (χ4n) is 2.17. The molecule has 0 aromatic carbocycles. The molecule has 0 aromatic heterocycles. The summed E-state index contributed by atoms with van der Waals surface area (Å²) in [5.41, 5.74) is -0.111. The van der Waals surface area contributed by atoms with Crippen LogP contribution in [0.25, 0.3) is 0 Å². The van der Waals surface area contributed by atoms with E-state index in [0.29, 0.717) is 25.7 Å². The van der Waals surface area contributed by atoms with Gasteiger partial charge in [-0.3, -0.25) is 9.59 Å². The van der Waals surface area contributed by atoms with Crippen molar-refractivity contribution in [2.75, 3.05) is 0 Å². The van der Waals surface area contributed by atoms with E-state index in [1.165, 1.54) is 0 Å². The Balaban J connectivity index is 3.94. The molecule has 0 heterocycles. The molecule has 0 saturated heterocycles. The molecule has 0 aliphatic heterocycles. The lowest BCUT2D eigenvalue weighted by molar-refractivity contribution is -0.133. The molecule has 124 valence electrons. The second-order valence-electron chi connectivity index (χ2n) is 8.02. The van der Waals surface area contributed by atoms with Crippen LogP contribution in [-0.2, 0) is 9.59 Å². The predicted octanol–water partition coefficient (Wildman–Crippen LogP) is 4.31. The average Bonchev–Trinajstić information content (AvgIpc) is 2.36. The van der Waals surface area contributed by atoms with E-state index in [-0.39, 0.29) is 22.4 Å². The van der Waals surface area contributed by atoms with Gasteiger partial charge in [0.2, 0.25) is 0 Å². The van der Waals surface area contributed by atoms with Crippen molar-refractivity contribution in [1.82, 2.24) is 0 Å². The van der Waals surface area contributed by atoms with Crippen molar-refractivity contribution in [2.45, 2.75) is 92.6 Å². The van der Waals surface area contributed by atoms with E-state index in [0.717, 1.165) is 19.3 Å². The SMILES string of the molecule is CCC(C)(C)C(O)C(=O)CCCC(=O)CCCC(C)(C)C. The zero-order valence-corrected chi connectivity index (χ0v) is 14.8. The third-order valence-electron chi connectivity index (χ3n) is 4.22. The van der Waals surface area contributed by atoms with Crippen molar-refractivity contribution in [3.63, 3.8) is 0 Å². The fourth-order valence-corrected chi connectivity index (χ4v) is 2.17. The Morgan fingerprint density at radius 1 is 0.952 bits per heavy atom. The van der Waals surface area contributed by atoms with E-state index >= 15 is 0 Å². The molecule has 1 N–H and O–H groups in total. The monoisotopic (exact) mass is 298 g/mol. The first-order valence-electron chi connectivity index (χ1n) is 8.22. The van der Waals surface area contributed by atoms with E-state index in [4.69, 9.17) is 0 Å². The summed E-state index contributed by atoms with van der Waals surface area (Å²) in [4.78, 5) is 23.7. The highest BCUT2D eigenvalue weighted by Crippen LogP contribution is 2.26. The molecular formula is C18H34O3. The van der Waals surface area contributed by atoms with Gasteiger partial charge in [-0.05, 0) is 36.5 Å². The highest BCUT2D eigenvalue weighted by molar-refractivity contribution is 5.84. The number of rotatable bonds is 10. The Morgan fingerprint density at radius 3 is 1.95 bits per heavy atom. The van der Waals surface area contributed by atoms with Gasteiger partial charge < -0.3 is 5.11 Å². The first-order chi connectivity index (χ1) is 9.49. The van der Waals surface area contributed by atoms with Crippen LogP contribution in [0.4, 0.5) is 0 Å². The predicted molar refractivity (Wildman–Crippen MR) is 87.2 cm³/mol. The van der Waals surface area contributed by atoms with Crippen LogP contribution >= 0.6 is 0 Å². The maximum Gasteiger partial charge on any atom is 0.161 e. The average molecular weight is 298 g/mol. The summed E-state index contributed by atoms with van der Waals surface area (Å²) >= 11 is 0. The minimum Gasteiger partial charge on any atom is -0.385 e. The molecule has 3 nitrogen and oxygen atoms in total. The lowest BCUT2D eigenvalue weighted by Gasteiger charge is -2.28. The quantitative estimate of drug-likeness (QED) is 0.654. The molecule has 0 aromatic rings. The molecule has 0 aliphatic rings. The highest BCUT2D eigenvalue weighted by atomic mass is 16.3. The first-order valence-corrected chi connectivity index (χ1v) is 8.22. The summed E-state index contributed by atoms with van der Waals surface area (Å²) in [6, 6.07) is 0. The van der Waals surface area contributed by atoms with E-state index < -0.39 is 6.10 Å². The second kappa shape index (κ2) is 8.67. The van der Waals surface area contributed by atoms with Crippen molar-refractivity contribution in [1.29, 1.82) is 0 Å². The van der Waals surface area contributed by atoms with Crippen LogP contribution in [0.3, 0.4) is 0 Å². The van der Waals surface area contributed by atoms with Gasteiger partial charge in [0.25, 0.3) is 0 Å². The summed E-state index contributed by atoms with van der Waals surface area (Å²) in [6.45, 7) is 12.3. The molecular weight excluding hydrogens is 264 g/mol. The van der Waals surface area contributed by atoms with Gasteiger partial charge in [0.15, 0.2) is 5.78 Å². The number of carbonyl (C=O) groups is 2. The van der Waals surface area contributed by atoms with Gasteiger partial charge in [0.05, 0.1) is 0 Å². The zero-order chi connectivity index (χ0) is 16.7. The van der Waals surface area contributed by atoms with E-state index in [1.807, 2.05) is 20.8 Å². The Hall–Kier alpha value is -0.700. The molecule has 0 rings (SSSR count). The van der Waals surface area contributed by atoms with Crippen LogP contribution in [-0.4, -0.2) is 22.8 Å². The zero-order valence-electron chi connectivity index (χ0n) is 14.8. The molecule has 0 bridgehead atoms. The summed E-state index contributed by atoms with van der Waals surface area (Å²) in [5.74, 6) is 0.0978. The van der Waals surface area contributed by atoms with Crippen LogP contribution in [0.5, 0.6) is 0 Å².